The van der Waals surface area contributed by atoms with Gasteiger partial charge >= 0.3 is 0 Å². The van der Waals surface area contributed by atoms with Crippen molar-refractivity contribution in [2.45, 2.75) is 25.8 Å². The summed E-state index contributed by atoms with van der Waals surface area (Å²) in [5.74, 6) is 0. The molecule has 0 saturated carbocycles. The van der Waals surface area contributed by atoms with Gasteiger partial charge in [-0.25, -0.2) is 0 Å². The second kappa shape index (κ2) is 2.77. The summed E-state index contributed by atoms with van der Waals surface area (Å²) in [7, 11) is 0. The molecule has 54 valence electrons. The van der Waals surface area contributed by atoms with Gasteiger partial charge in [-0.3, -0.25) is 10.1 Å². The van der Waals surface area contributed by atoms with Crippen molar-refractivity contribution in [2.24, 2.45) is 0 Å². The van der Waals surface area contributed by atoms with Crippen molar-refractivity contribution < 1.29 is 10.0 Å². The molecule has 0 radical (unpaired) electrons. The van der Waals surface area contributed by atoms with Crippen LogP contribution in [0.25, 0.3) is 0 Å². The molecule has 0 aromatic rings. The second-order valence-electron chi connectivity index (χ2n) is 2.54. The molecule has 0 rings (SSSR count). The summed E-state index contributed by atoms with van der Waals surface area (Å²) in [4.78, 5) is 9.72. The fourth-order valence-electron chi connectivity index (χ4n) is 0.365. The number of hydrogen-bond acceptors (Lipinski definition) is 3. The zero-order valence-electron chi connectivity index (χ0n) is 5.63. The van der Waals surface area contributed by atoms with Crippen LogP contribution < -0.4 is 0 Å². The first-order valence-corrected chi connectivity index (χ1v) is 2.76. The van der Waals surface area contributed by atoms with E-state index in [4.69, 9.17) is 5.11 Å². The summed E-state index contributed by atoms with van der Waals surface area (Å²) in [6.07, 6.45) is 0.208. The minimum Gasteiger partial charge on any atom is -0.396 e. The molecular weight excluding hydrogens is 122 g/mol. The maximum Gasteiger partial charge on any atom is 0.219 e. The number of nitro groups is 1. The van der Waals surface area contributed by atoms with Crippen LogP contribution in [0, 0.1) is 10.1 Å². The summed E-state index contributed by atoms with van der Waals surface area (Å²) < 4.78 is 0. The minimum absolute atomic E-state index is 0.131. The Hall–Kier alpha value is -0.640. The molecule has 0 aromatic heterocycles. The van der Waals surface area contributed by atoms with Crippen molar-refractivity contribution >= 4 is 0 Å². The minimum atomic E-state index is -0.977. The van der Waals surface area contributed by atoms with Gasteiger partial charge in [0.15, 0.2) is 0 Å². The molecule has 0 bridgehead atoms. The van der Waals surface area contributed by atoms with E-state index in [9.17, 15) is 10.1 Å². The monoisotopic (exact) mass is 133 g/mol. The highest BCUT2D eigenvalue weighted by atomic mass is 16.6. The molecule has 0 aliphatic rings. The average Bonchev–Trinajstić information content (AvgIpc) is 1.65. The summed E-state index contributed by atoms with van der Waals surface area (Å²) >= 11 is 0. The molecule has 0 saturated heterocycles. The largest absolute Gasteiger partial charge is 0.396 e. The maximum atomic E-state index is 10.1. The van der Waals surface area contributed by atoms with Crippen molar-refractivity contribution in [3.05, 3.63) is 10.1 Å². The standard InChI is InChI=1S/C5H11NO3/c1-5(2,3-4-7)6(8)9/h7H,3-4H2,1-2H3. The molecule has 0 amide bonds. The Morgan fingerprint density at radius 2 is 2.11 bits per heavy atom. The van der Waals surface area contributed by atoms with Crippen LogP contribution in [0.3, 0.4) is 0 Å². The third-order valence-electron chi connectivity index (χ3n) is 1.22. The van der Waals surface area contributed by atoms with E-state index in [1.807, 2.05) is 0 Å². The highest BCUT2D eigenvalue weighted by molar-refractivity contribution is 4.64. The van der Waals surface area contributed by atoms with Crippen LogP contribution in [0.15, 0.2) is 0 Å². The van der Waals surface area contributed by atoms with Crippen molar-refractivity contribution in [1.29, 1.82) is 0 Å². The van der Waals surface area contributed by atoms with Gasteiger partial charge in [-0.1, -0.05) is 0 Å². The smallest absolute Gasteiger partial charge is 0.219 e. The number of rotatable bonds is 3. The lowest BCUT2D eigenvalue weighted by atomic mass is 10.0. The number of nitrogens with zero attached hydrogens (tertiary/aromatic N) is 1. The van der Waals surface area contributed by atoms with Crippen molar-refractivity contribution in [3.8, 4) is 0 Å². The second-order valence-corrected chi connectivity index (χ2v) is 2.54. The average molecular weight is 133 g/mol. The van der Waals surface area contributed by atoms with E-state index in [0.717, 1.165) is 0 Å². The molecule has 0 aromatic carbocycles. The molecule has 0 spiro atoms. The Morgan fingerprint density at radius 3 is 2.22 bits per heavy atom. The Labute approximate surface area is 53.6 Å². The van der Waals surface area contributed by atoms with E-state index in [1.165, 1.54) is 13.8 Å². The van der Waals surface area contributed by atoms with Crippen molar-refractivity contribution in [1.82, 2.24) is 0 Å². The van der Waals surface area contributed by atoms with E-state index in [1.54, 1.807) is 0 Å². The zero-order valence-corrected chi connectivity index (χ0v) is 5.63. The maximum absolute atomic E-state index is 10.1. The first-order chi connectivity index (χ1) is 4.00. The summed E-state index contributed by atoms with van der Waals surface area (Å²) in [5.41, 5.74) is -0.977. The number of aliphatic hydroxyl groups excluding tert-OH is 1. The molecule has 0 atom stereocenters. The van der Waals surface area contributed by atoms with Gasteiger partial charge in [-0.15, -0.1) is 0 Å². The molecule has 0 aliphatic heterocycles. The molecule has 9 heavy (non-hydrogen) atoms. The summed E-state index contributed by atoms with van der Waals surface area (Å²) in [6, 6.07) is 0. The van der Waals surface area contributed by atoms with E-state index < -0.39 is 5.54 Å². The lowest BCUT2D eigenvalue weighted by molar-refractivity contribution is -0.561. The van der Waals surface area contributed by atoms with E-state index in [2.05, 4.69) is 0 Å². The van der Waals surface area contributed by atoms with Crippen LogP contribution in [0.1, 0.15) is 20.3 Å². The van der Waals surface area contributed by atoms with Gasteiger partial charge in [0.25, 0.3) is 0 Å². The number of aliphatic hydroxyl groups is 1. The van der Waals surface area contributed by atoms with E-state index in [-0.39, 0.29) is 18.0 Å². The Morgan fingerprint density at radius 1 is 1.67 bits per heavy atom. The topological polar surface area (TPSA) is 63.4 Å². The quantitative estimate of drug-likeness (QED) is 0.448. The molecule has 4 nitrogen and oxygen atoms in total. The van der Waals surface area contributed by atoms with Gasteiger partial charge in [-0.05, 0) is 0 Å². The Balaban J connectivity index is 3.85. The van der Waals surface area contributed by atoms with Gasteiger partial charge in [0.2, 0.25) is 5.54 Å². The third-order valence-corrected chi connectivity index (χ3v) is 1.22. The lowest BCUT2D eigenvalue weighted by Crippen LogP contribution is -2.31. The SMILES string of the molecule is CC(C)(CCO)[N+](=O)[O-]. The van der Waals surface area contributed by atoms with E-state index >= 15 is 0 Å². The fraction of sp³-hybridized carbons (Fsp3) is 1.00. The predicted molar refractivity (Wildman–Crippen MR) is 32.8 cm³/mol. The van der Waals surface area contributed by atoms with Gasteiger partial charge in [-0.2, -0.15) is 0 Å². The van der Waals surface area contributed by atoms with Gasteiger partial charge < -0.3 is 5.11 Å². The van der Waals surface area contributed by atoms with Gasteiger partial charge in [0.05, 0.1) is 0 Å². The van der Waals surface area contributed by atoms with Crippen LogP contribution >= 0.6 is 0 Å². The molecule has 0 unspecified atom stereocenters. The van der Waals surface area contributed by atoms with Crippen LogP contribution in [0.5, 0.6) is 0 Å². The lowest BCUT2D eigenvalue weighted by Gasteiger charge is -2.12. The zero-order chi connectivity index (χ0) is 7.49. The van der Waals surface area contributed by atoms with Crippen molar-refractivity contribution in [3.63, 3.8) is 0 Å². The van der Waals surface area contributed by atoms with Crippen LogP contribution in [-0.2, 0) is 0 Å². The van der Waals surface area contributed by atoms with Crippen molar-refractivity contribution in [2.75, 3.05) is 6.61 Å². The first-order valence-electron chi connectivity index (χ1n) is 2.76. The Kier molecular flexibility index (Phi) is 2.58. The van der Waals surface area contributed by atoms with E-state index in [0.29, 0.717) is 0 Å². The predicted octanol–water partition coefficient (Wildman–Crippen LogP) is 0.424. The summed E-state index contributed by atoms with van der Waals surface area (Å²) in [6.45, 7) is 2.85. The third kappa shape index (κ3) is 2.41. The van der Waals surface area contributed by atoms with Crippen LogP contribution in [0.4, 0.5) is 0 Å². The van der Waals surface area contributed by atoms with Gasteiger partial charge in [0, 0.05) is 31.8 Å². The highest BCUT2D eigenvalue weighted by Gasteiger charge is 2.29. The van der Waals surface area contributed by atoms with Gasteiger partial charge in [0.1, 0.15) is 0 Å². The van der Waals surface area contributed by atoms with Crippen LogP contribution in [-0.4, -0.2) is 22.2 Å². The molecule has 1 N–H and O–H groups in total. The summed E-state index contributed by atoms with van der Waals surface area (Å²) in [5, 5.41) is 18.5. The highest BCUT2D eigenvalue weighted by Crippen LogP contribution is 2.10. The molecule has 0 aliphatic carbocycles. The molecule has 0 fully saturated rings. The molecular formula is C5H11NO3. The normalized spacial score (nSPS) is 11.4. The first kappa shape index (κ1) is 8.36. The molecule has 4 heteroatoms. The Bertz CT molecular complexity index is 111. The fourth-order valence-corrected chi connectivity index (χ4v) is 0.365. The van der Waals surface area contributed by atoms with Crippen LogP contribution in [0.2, 0.25) is 0 Å². The molecule has 0 heterocycles. The number of hydrogen-bond donors (Lipinski definition) is 1.